The maximum Gasteiger partial charge on any atom is 0.338 e. The Bertz CT molecular complexity index is 1160. The summed E-state index contributed by atoms with van der Waals surface area (Å²) < 4.78 is 12.7. The summed E-state index contributed by atoms with van der Waals surface area (Å²) in [6.07, 6.45) is 0.544. The summed E-state index contributed by atoms with van der Waals surface area (Å²) in [5, 5.41) is 0. The standard InChI is InChI=1S/C23H20N2O4/c26-22(17-11-13-19(14-12-17)29-18-7-2-1-3-8-18)28-16-6-15-25-21-10-5-4-9-20(21)24-23(25)27/h1-5,7-14H,6,15-16H2,(H,24,27). The summed E-state index contributed by atoms with van der Waals surface area (Å²) in [4.78, 5) is 27.1. The molecule has 6 nitrogen and oxygen atoms in total. The van der Waals surface area contributed by atoms with Crippen LogP contribution in [-0.2, 0) is 11.3 Å². The maximum atomic E-state index is 12.2. The van der Waals surface area contributed by atoms with Crippen molar-refractivity contribution in [3.05, 3.63) is 94.9 Å². The normalized spacial score (nSPS) is 10.8. The predicted molar refractivity (Wildman–Crippen MR) is 110 cm³/mol. The molecule has 29 heavy (non-hydrogen) atoms. The molecule has 1 aromatic heterocycles. The summed E-state index contributed by atoms with van der Waals surface area (Å²) in [6, 6.07) is 23.7. The molecular weight excluding hydrogens is 368 g/mol. The van der Waals surface area contributed by atoms with Gasteiger partial charge >= 0.3 is 11.7 Å². The average Bonchev–Trinajstić information content (AvgIpc) is 3.07. The van der Waals surface area contributed by atoms with Gasteiger partial charge in [-0.05, 0) is 55.0 Å². The second kappa shape index (κ2) is 8.48. The molecule has 0 saturated heterocycles. The van der Waals surface area contributed by atoms with Crippen LogP contribution in [0.3, 0.4) is 0 Å². The van der Waals surface area contributed by atoms with Crippen molar-refractivity contribution in [3.8, 4) is 11.5 Å². The SMILES string of the molecule is O=C(OCCCn1c(=O)[nH]c2ccccc21)c1ccc(Oc2ccccc2)cc1. The number of aryl methyl sites for hydroxylation is 1. The lowest BCUT2D eigenvalue weighted by molar-refractivity contribution is 0.0496. The van der Waals surface area contributed by atoms with Gasteiger partial charge in [-0.3, -0.25) is 4.57 Å². The van der Waals surface area contributed by atoms with Crippen molar-refractivity contribution in [1.82, 2.24) is 9.55 Å². The third-order valence-corrected chi connectivity index (χ3v) is 4.51. The van der Waals surface area contributed by atoms with Gasteiger partial charge in [-0.1, -0.05) is 30.3 Å². The van der Waals surface area contributed by atoms with Crippen LogP contribution in [0.25, 0.3) is 11.0 Å². The van der Waals surface area contributed by atoms with Gasteiger partial charge in [0, 0.05) is 6.54 Å². The first kappa shape index (κ1) is 18.6. The Morgan fingerprint density at radius 3 is 2.34 bits per heavy atom. The highest BCUT2D eigenvalue weighted by molar-refractivity contribution is 5.89. The fraction of sp³-hybridized carbons (Fsp3) is 0.130. The summed E-state index contributed by atoms with van der Waals surface area (Å²) in [7, 11) is 0. The number of aromatic amines is 1. The molecule has 1 N–H and O–H groups in total. The second-order valence-electron chi connectivity index (χ2n) is 6.53. The number of hydrogen-bond donors (Lipinski definition) is 1. The van der Waals surface area contributed by atoms with Crippen LogP contribution in [0.1, 0.15) is 16.8 Å². The first-order chi connectivity index (χ1) is 14.2. The number of esters is 1. The van der Waals surface area contributed by atoms with Gasteiger partial charge in [0.2, 0.25) is 0 Å². The summed E-state index contributed by atoms with van der Waals surface area (Å²) in [6.45, 7) is 0.701. The Labute approximate surface area is 167 Å². The van der Waals surface area contributed by atoms with Gasteiger partial charge in [0.15, 0.2) is 0 Å². The number of imidazole rings is 1. The monoisotopic (exact) mass is 388 g/mol. The first-order valence-electron chi connectivity index (χ1n) is 9.38. The number of benzene rings is 3. The molecule has 0 bridgehead atoms. The van der Waals surface area contributed by atoms with E-state index < -0.39 is 5.97 Å². The Balaban J connectivity index is 1.29. The number of ether oxygens (including phenoxy) is 2. The van der Waals surface area contributed by atoms with Crippen LogP contribution in [0.4, 0.5) is 0 Å². The Morgan fingerprint density at radius 2 is 1.55 bits per heavy atom. The van der Waals surface area contributed by atoms with Gasteiger partial charge in [0.25, 0.3) is 0 Å². The zero-order valence-electron chi connectivity index (χ0n) is 15.7. The van der Waals surface area contributed by atoms with Crippen LogP contribution in [0, 0.1) is 0 Å². The van der Waals surface area contributed by atoms with E-state index in [1.54, 1.807) is 28.8 Å². The molecule has 4 rings (SSSR count). The molecule has 0 aliphatic carbocycles. The number of para-hydroxylation sites is 3. The number of fused-ring (bicyclic) bond motifs is 1. The molecule has 0 spiro atoms. The van der Waals surface area contributed by atoms with Crippen LogP contribution >= 0.6 is 0 Å². The summed E-state index contributed by atoms with van der Waals surface area (Å²) in [5.41, 5.74) is 1.94. The van der Waals surface area contributed by atoms with E-state index in [9.17, 15) is 9.59 Å². The minimum atomic E-state index is -0.400. The van der Waals surface area contributed by atoms with Gasteiger partial charge < -0.3 is 14.5 Å². The highest BCUT2D eigenvalue weighted by Gasteiger charge is 2.09. The number of hydrogen-bond acceptors (Lipinski definition) is 4. The van der Waals surface area contributed by atoms with E-state index in [1.807, 2.05) is 54.6 Å². The first-order valence-corrected chi connectivity index (χ1v) is 9.38. The van der Waals surface area contributed by atoms with E-state index in [-0.39, 0.29) is 12.3 Å². The number of nitrogens with zero attached hydrogens (tertiary/aromatic N) is 1. The Kier molecular flexibility index (Phi) is 5.42. The molecule has 0 unspecified atom stereocenters. The molecule has 0 atom stereocenters. The zero-order chi connectivity index (χ0) is 20.1. The predicted octanol–water partition coefficient (Wildman–Crippen LogP) is 4.37. The minimum Gasteiger partial charge on any atom is -0.462 e. The van der Waals surface area contributed by atoms with E-state index in [0.29, 0.717) is 24.3 Å². The van der Waals surface area contributed by atoms with Crippen LogP contribution in [-0.4, -0.2) is 22.1 Å². The highest BCUT2D eigenvalue weighted by Crippen LogP contribution is 2.21. The van der Waals surface area contributed by atoms with Crippen LogP contribution in [0.2, 0.25) is 0 Å². The number of nitrogens with one attached hydrogen (secondary N) is 1. The molecule has 0 fully saturated rings. The van der Waals surface area contributed by atoms with Gasteiger partial charge in [0.05, 0.1) is 23.2 Å². The van der Waals surface area contributed by atoms with Crippen molar-refractivity contribution in [1.29, 1.82) is 0 Å². The summed E-state index contributed by atoms with van der Waals surface area (Å²) in [5.74, 6) is 0.976. The van der Waals surface area contributed by atoms with Gasteiger partial charge in [-0.15, -0.1) is 0 Å². The van der Waals surface area contributed by atoms with E-state index in [0.717, 1.165) is 16.8 Å². The quantitative estimate of drug-likeness (QED) is 0.377. The van der Waals surface area contributed by atoms with Gasteiger partial charge in [-0.2, -0.15) is 0 Å². The number of carbonyl (C=O) groups is 1. The average molecular weight is 388 g/mol. The fourth-order valence-corrected chi connectivity index (χ4v) is 3.08. The lowest BCUT2D eigenvalue weighted by atomic mass is 10.2. The van der Waals surface area contributed by atoms with Crippen molar-refractivity contribution in [2.24, 2.45) is 0 Å². The highest BCUT2D eigenvalue weighted by atomic mass is 16.5. The van der Waals surface area contributed by atoms with E-state index in [1.165, 1.54) is 0 Å². The molecule has 0 amide bonds. The van der Waals surface area contributed by atoms with E-state index in [4.69, 9.17) is 9.47 Å². The van der Waals surface area contributed by atoms with Crippen LogP contribution in [0.5, 0.6) is 11.5 Å². The number of H-pyrrole nitrogens is 1. The number of rotatable bonds is 7. The Morgan fingerprint density at radius 1 is 0.862 bits per heavy atom. The zero-order valence-corrected chi connectivity index (χ0v) is 15.7. The van der Waals surface area contributed by atoms with Crippen molar-refractivity contribution < 1.29 is 14.3 Å². The maximum absolute atomic E-state index is 12.2. The molecule has 0 radical (unpaired) electrons. The molecule has 0 aliphatic heterocycles. The molecule has 0 aliphatic rings. The topological polar surface area (TPSA) is 73.3 Å². The molecule has 1 heterocycles. The molecule has 146 valence electrons. The molecule has 0 saturated carbocycles. The van der Waals surface area contributed by atoms with Crippen LogP contribution in [0.15, 0.2) is 83.7 Å². The largest absolute Gasteiger partial charge is 0.462 e. The van der Waals surface area contributed by atoms with Gasteiger partial charge in [0.1, 0.15) is 11.5 Å². The fourth-order valence-electron chi connectivity index (χ4n) is 3.08. The number of carbonyl (C=O) groups excluding carboxylic acids is 1. The van der Waals surface area contributed by atoms with E-state index in [2.05, 4.69) is 4.98 Å². The Hall–Kier alpha value is -3.80. The van der Waals surface area contributed by atoms with Gasteiger partial charge in [-0.25, -0.2) is 9.59 Å². The van der Waals surface area contributed by atoms with E-state index >= 15 is 0 Å². The molecule has 4 aromatic rings. The van der Waals surface area contributed by atoms with Crippen molar-refractivity contribution in [2.75, 3.05) is 6.61 Å². The minimum absolute atomic E-state index is 0.161. The lowest BCUT2D eigenvalue weighted by Crippen LogP contribution is -2.18. The van der Waals surface area contributed by atoms with Crippen molar-refractivity contribution in [3.63, 3.8) is 0 Å². The number of aromatic nitrogens is 2. The third-order valence-electron chi connectivity index (χ3n) is 4.51. The summed E-state index contributed by atoms with van der Waals surface area (Å²) >= 11 is 0. The lowest BCUT2D eigenvalue weighted by Gasteiger charge is -2.08. The second-order valence-corrected chi connectivity index (χ2v) is 6.53. The van der Waals surface area contributed by atoms with Crippen molar-refractivity contribution in [2.45, 2.75) is 13.0 Å². The third kappa shape index (κ3) is 4.38. The van der Waals surface area contributed by atoms with Crippen molar-refractivity contribution >= 4 is 17.0 Å². The molecular formula is C23H20N2O4. The molecule has 3 aromatic carbocycles. The van der Waals surface area contributed by atoms with Crippen LogP contribution < -0.4 is 10.4 Å². The molecule has 6 heteroatoms. The smallest absolute Gasteiger partial charge is 0.338 e.